The topological polar surface area (TPSA) is 105 Å². The summed E-state index contributed by atoms with van der Waals surface area (Å²) in [6, 6.07) is 11.5. The van der Waals surface area contributed by atoms with Gasteiger partial charge in [0.25, 0.3) is 0 Å². The highest BCUT2D eigenvalue weighted by Gasteiger charge is 2.31. The zero-order valence-electron chi connectivity index (χ0n) is 17.4. The Morgan fingerprint density at radius 3 is 2.39 bits per heavy atom. The molecule has 0 saturated carbocycles. The molecule has 164 valence electrons. The number of anilines is 1. The predicted molar refractivity (Wildman–Crippen MR) is 114 cm³/mol. The van der Waals surface area contributed by atoms with Crippen LogP contribution in [0.25, 0.3) is 11.4 Å². The Hall–Kier alpha value is -3.27. The minimum absolute atomic E-state index is 0.0603. The highest BCUT2D eigenvalue weighted by molar-refractivity contribution is 7.92. The van der Waals surface area contributed by atoms with E-state index in [0.717, 1.165) is 33.8 Å². The second kappa shape index (κ2) is 9.25. The lowest BCUT2D eigenvalue weighted by Gasteiger charge is -2.29. The third-order valence-corrected chi connectivity index (χ3v) is 5.78. The third-order valence-electron chi connectivity index (χ3n) is 4.60. The molecule has 1 amide bonds. The van der Waals surface area contributed by atoms with Crippen LogP contribution in [0.1, 0.15) is 24.8 Å². The van der Waals surface area contributed by atoms with E-state index in [9.17, 15) is 17.6 Å². The first-order valence-corrected chi connectivity index (χ1v) is 11.5. The normalized spacial score (nSPS) is 12.4. The Bertz CT molecular complexity index is 1140. The molecule has 1 atom stereocenters. The van der Waals surface area contributed by atoms with Crippen molar-refractivity contribution < 1.29 is 22.1 Å². The fourth-order valence-corrected chi connectivity index (χ4v) is 4.29. The molecule has 0 aliphatic rings. The zero-order chi connectivity index (χ0) is 22.6. The van der Waals surface area contributed by atoms with Gasteiger partial charge in [-0.25, -0.2) is 12.8 Å². The molecular formula is C21H23FN4O4S. The van der Waals surface area contributed by atoms with Gasteiger partial charge < -0.3 is 9.84 Å². The second-order valence-corrected chi connectivity index (χ2v) is 8.91. The van der Waals surface area contributed by atoms with Crippen molar-refractivity contribution >= 4 is 21.6 Å². The van der Waals surface area contributed by atoms with Crippen molar-refractivity contribution in [3.05, 3.63) is 65.8 Å². The molecule has 0 fully saturated rings. The summed E-state index contributed by atoms with van der Waals surface area (Å²) in [5, 5.41) is 6.55. The average molecular weight is 447 g/mol. The number of halogens is 1. The molecule has 0 aliphatic heterocycles. The zero-order valence-corrected chi connectivity index (χ0v) is 18.2. The Labute approximate surface area is 180 Å². The summed E-state index contributed by atoms with van der Waals surface area (Å²) in [7, 11) is -3.81. The van der Waals surface area contributed by atoms with Crippen LogP contribution in [-0.4, -0.2) is 36.8 Å². The van der Waals surface area contributed by atoms with Crippen molar-refractivity contribution in [2.24, 2.45) is 0 Å². The van der Waals surface area contributed by atoms with Crippen molar-refractivity contribution in [2.45, 2.75) is 32.9 Å². The number of aromatic nitrogens is 2. The largest absolute Gasteiger partial charge is 0.345 e. The van der Waals surface area contributed by atoms with Crippen molar-refractivity contribution in [3.8, 4) is 11.4 Å². The van der Waals surface area contributed by atoms with Crippen LogP contribution in [0.4, 0.5) is 10.1 Å². The fraction of sp³-hybridized carbons (Fsp3) is 0.286. The van der Waals surface area contributed by atoms with Crippen molar-refractivity contribution in [1.82, 2.24) is 15.5 Å². The van der Waals surface area contributed by atoms with Gasteiger partial charge in [-0.15, -0.1) is 0 Å². The fourth-order valence-electron chi connectivity index (χ4n) is 3.08. The summed E-state index contributed by atoms with van der Waals surface area (Å²) in [5.41, 5.74) is 2.07. The van der Waals surface area contributed by atoms with Crippen LogP contribution in [0.5, 0.6) is 0 Å². The number of carbonyl (C=O) groups excluding carboxylic acids is 1. The number of amides is 1. The second-order valence-electron chi connectivity index (χ2n) is 7.05. The van der Waals surface area contributed by atoms with Crippen LogP contribution in [0, 0.1) is 12.7 Å². The van der Waals surface area contributed by atoms with Crippen LogP contribution in [0.15, 0.2) is 53.1 Å². The minimum atomic E-state index is -3.81. The molecule has 3 aromatic rings. The molecular weight excluding hydrogens is 423 g/mol. The summed E-state index contributed by atoms with van der Waals surface area (Å²) >= 11 is 0. The summed E-state index contributed by atoms with van der Waals surface area (Å²) < 4.78 is 44.2. The van der Waals surface area contributed by atoms with Crippen LogP contribution in [0.2, 0.25) is 0 Å². The highest BCUT2D eigenvalue weighted by atomic mass is 32.2. The maximum absolute atomic E-state index is 13.3. The lowest BCUT2D eigenvalue weighted by atomic mass is 10.1. The molecule has 0 saturated heterocycles. The smallest absolute Gasteiger partial charge is 0.246 e. The number of nitrogens with one attached hydrogen (secondary N) is 1. The van der Waals surface area contributed by atoms with Gasteiger partial charge in [-0.2, -0.15) is 4.98 Å². The number of hydrogen-bond donors (Lipinski definition) is 1. The molecule has 0 unspecified atom stereocenters. The van der Waals surface area contributed by atoms with E-state index in [1.54, 1.807) is 6.92 Å². The van der Waals surface area contributed by atoms with E-state index < -0.39 is 27.8 Å². The van der Waals surface area contributed by atoms with Crippen molar-refractivity contribution in [2.75, 3.05) is 10.6 Å². The summed E-state index contributed by atoms with van der Waals surface area (Å²) in [6.45, 7) is 3.60. The van der Waals surface area contributed by atoms with Gasteiger partial charge in [0.2, 0.25) is 27.6 Å². The number of benzene rings is 2. The first-order valence-electron chi connectivity index (χ1n) is 9.61. The lowest BCUT2D eigenvalue weighted by Crippen LogP contribution is -2.49. The standard InChI is InChI=1S/C21H23FN4O4S/c1-4-18(26(31(3,28)29)17-11-9-16(22)10-12-17)21(27)23-13-19-24-20(25-30-19)15-7-5-14(2)6-8-15/h5-12,18H,4,13H2,1-3H3,(H,23,27)/t18-/m1/s1. The quantitative estimate of drug-likeness (QED) is 0.570. The number of aryl methyl sites for hydroxylation is 1. The number of sulfonamides is 1. The minimum Gasteiger partial charge on any atom is -0.345 e. The molecule has 0 aliphatic carbocycles. The molecule has 1 N–H and O–H groups in total. The Morgan fingerprint density at radius 1 is 1.16 bits per heavy atom. The van der Waals surface area contributed by atoms with E-state index in [1.807, 2.05) is 31.2 Å². The van der Waals surface area contributed by atoms with E-state index in [1.165, 1.54) is 12.1 Å². The number of rotatable bonds is 8. The van der Waals surface area contributed by atoms with Crippen molar-refractivity contribution in [1.29, 1.82) is 0 Å². The maximum atomic E-state index is 13.3. The molecule has 8 nitrogen and oxygen atoms in total. The molecule has 2 aromatic carbocycles. The summed E-state index contributed by atoms with van der Waals surface area (Å²) in [4.78, 5) is 17.1. The molecule has 3 rings (SSSR count). The first kappa shape index (κ1) is 22.4. The number of nitrogens with zero attached hydrogens (tertiary/aromatic N) is 3. The van der Waals surface area contributed by atoms with Gasteiger partial charge >= 0.3 is 0 Å². The van der Waals surface area contributed by atoms with Gasteiger partial charge in [-0.05, 0) is 37.6 Å². The van der Waals surface area contributed by atoms with E-state index in [0.29, 0.717) is 5.82 Å². The Balaban J connectivity index is 1.74. The van der Waals surface area contributed by atoms with E-state index >= 15 is 0 Å². The van der Waals surface area contributed by atoms with Crippen LogP contribution in [-0.2, 0) is 21.4 Å². The van der Waals surface area contributed by atoms with Crippen LogP contribution < -0.4 is 9.62 Å². The van der Waals surface area contributed by atoms with Crippen LogP contribution in [0.3, 0.4) is 0 Å². The van der Waals surface area contributed by atoms with Crippen molar-refractivity contribution in [3.63, 3.8) is 0 Å². The summed E-state index contributed by atoms with van der Waals surface area (Å²) in [6.07, 6.45) is 1.20. The maximum Gasteiger partial charge on any atom is 0.246 e. The Kier molecular flexibility index (Phi) is 6.69. The molecule has 10 heteroatoms. The summed E-state index contributed by atoms with van der Waals surface area (Å²) in [5.74, 6) is -0.463. The van der Waals surface area contributed by atoms with Gasteiger partial charge in [0.05, 0.1) is 18.5 Å². The van der Waals surface area contributed by atoms with E-state index in [-0.39, 0.29) is 24.5 Å². The molecule has 1 aromatic heterocycles. The molecule has 0 bridgehead atoms. The lowest BCUT2D eigenvalue weighted by molar-refractivity contribution is -0.122. The van der Waals surface area contributed by atoms with Gasteiger partial charge in [0.15, 0.2) is 0 Å². The van der Waals surface area contributed by atoms with Gasteiger partial charge in [0.1, 0.15) is 11.9 Å². The molecule has 0 spiro atoms. The Morgan fingerprint density at radius 2 is 1.81 bits per heavy atom. The van der Waals surface area contributed by atoms with Gasteiger partial charge in [0, 0.05) is 5.56 Å². The van der Waals surface area contributed by atoms with Crippen LogP contribution >= 0.6 is 0 Å². The molecule has 1 heterocycles. The first-order chi connectivity index (χ1) is 14.7. The number of hydrogen-bond acceptors (Lipinski definition) is 6. The van der Waals surface area contributed by atoms with E-state index in [4.69, 9.17) is 4.52 Å². The van der Waals surface area contributed by atoms with Gasteiger partial charge in [-0.1, -0.05) is 41.9 Å². The SMILES string of the molecule is CC[C@H](C(=O)NCc1nc(-c2ccc(C)cc2)no1)N(c1ccc(F)cc1)S(C)(=O)=O. The third kappa shape index (κ3) is 5.46. The number of carbonyl (C=O) groups is 1. The molecule has 0 radical (unpaired) electrons. The van der Waals surface area contributed by atoms with Gasteiger partial charge in [-0.3, -0.25) is 9.10 Å². The van der Waals surface area contributed by atoms with E-state index in [2.05, 4.69) is 15.5 Å². The predicted octanol–water partition coefficient (Wildman–Crippen LogP) is 3.05. The molecule has 31 heavy (non-hydrogen) atoms. The monoisotopic (exact) mass is 446 g/mol. The highest BCUT2D eigenvalue weighted by Crippen LogP contribution is 2.23. The average Bonchev–Trinajstić information content (AvgIpc) is 3.20.